The van der Waals surface area contributed by atoms with Crippen molar-refractivity contribution in [1.29, 1.82) is 0 Å². The maximum atomic E-state index is 4.63. The van der Waals surface area contributed by atoms with Gasteiger partial charge < -0.3 is 4.90 Å². The van der Waals surface area contributed by atoms with Crippen molar-refractivity contribution in [1.82, 2.24) is 4.90 Å². The lowest BCUT2D eigenvalue weighted by Gasteiger charge is -2.36. The Hall–Kier alpha value is 0.01000. The summed E-state index contributed by atoms with van der Waals surface area (Å²) in [6.07, 6.45) is 5.09. The van der Waals surface area contributed by atoms with Crippen LogP contribution in [0.3, 0.4) is 0 Å². The smallest absolute Gasteiger partial charge is 0.0239 e. The average molecular weight is 286 g/mol. The third kappa shape index (κ3) is 4.94. The molecule has 1 heterocycles. The van der Waals surface area contributed by atoms with Gasteiger partial charge in [0.2, 0.25) is 0 Å². The molecule has 0 aliphatic rings. The maximum absolute atomic E-state index is 4.63. The maximum Gasteiger partial charge on any atom is 0.0239 e. The number of hydrogen-bond donors (Lipinski definition) is 1. The summed E-state index contributed by atoms with van der Waals surface area (Å²) in [5.41, 5.74) is 1.83. The Morgan fingerprint density at radius 1 is 1.28 bits per heavy atom. The van der Waals surface area contributed by atoms with Crippen LogP contribution >= 0.6 is 24.0 Å². The second-order valence-electron chi connectivity index (χ2n) is 5.46. The minimum atomic E-state index is 0.400. The van der Waals surface area contributed by atoms with E-state index in [4.69, 9.17) is 0 Å². The number of thiol groups is 1. The summed E-state index contributed by atoms with van der Waals surface area (Å²) in [6, 6.07) is 2.23. The summed E-state index contributed by atoms with van der Waals surface area (Å²) in [4.78, 5) is 2.46. The summed E-state index contributed by atoms with van der Waals surface area (Å²) in [7, 11) is 2.24. The van der Waals surface area contributed by atoms with Gasteiger partial charge in [0, 0.05) is 13.1 Å². The zero-order chi connectivity index (χ0) is 13.4. The van der Waals surface area contributed by atoms with Gasteiger partial charge in [-0.05, 0) is 53.4 Å². The molecule has 1 aromatic heterocycles. The summed E-state index contributed by atoms with van der Waals surface area (Å²) in [5.74, 6) is 1.00. The van der Waals surface area contributed by atoms with E-state index in [2.05, 4.69) is 55.3 Å². The van der Waals surface area contributed by atoms with Crippen LogP contribution in [0.15, 0.2) is 16.8 Å². The first-order chi connectivity index (χ1) is 8.65. The predicted octanol–water partition coefficient (Wildman–Crippen LogP) is 4.70. The van der Waals surface area contributed by atoms with Crippen molar-refractivity contribution in [3.63, 3.8) is 0 Å². The van der Waals surface area contributed by atoms with Crippen molar-refractivity contribution in [3.8, 4) is 0 Å². The Labute approximate surface area is 122 Å². The summed E-state index contributed by atoms with van der Waals surface area (Å²) in [5, 5.41) is 4.41. The van der Waals surface area contributed by atoms with Gasteiger partial charge in [-0.25, -0.2) is 0 Å². The monoisotopic (exact) mass is 285 g/mol. The highest BCUT2D eigenvalue weighted by Gasteiger charge is 2.28. The van der Waals surface area contributed by atoms with Gasteiger partial charge in [-0.3, -0.25) is 0 Å². The van der Waals surface area contributed by atoms with Crippen molar-refractivity contribution < 1.29 is 0 Å². The van der Waals surface area contributed by atoms with E-state index in [0.717, 1.165) is 18.8 Å². The first-order valence-corrected chi connectivity index (χ1v) is 8.54. The quantitative estimate of drug-likeness (QED) is 0.644. The normalized spacial score (nSPS) is 12.3. The molecule has 0 spiro atoms. The Kier molecular flexibility index (Phi) is 7.35. The molecule has 0 unspecified atom stereocenters. The fraction of sp³-hybridized carbons (Fsp3) is 0.733. The summed E-state index contributed by atoms with van der Waals surface area (Å²) < 4.78 is 0. The molecule has 1 aromatic rings. The van der Waals surface area contributed by atoms with Crippen molar-refractivity contribution in [2.24, 2.45) is 5.41 Å². The topological polar surface area (TPSA) is 3.24 Å². The molecule has 0 radical (unpaired) electrons. The van der Waals surface area contributed by atoms with Crippen LogP contribution in [0.1, 0.15) is 45.1 Å². The Morgan fingerprint density at radius 3 is 2.39 bits per heavy atom. The molecule has 0 saturated heterocycles. The van der Waals surface area contributed by atoms with Gasteiger partial charge in [-0.2, -0.15) is 24.0 Å². The van der Waals surface area contributed by atoms with Crippen molar-refractivity contribution in [2.75, 3.05) is 19.3 Å². The second-order valence-corrected chi connectivity index (χ2v) is 6.56. The SMILES string of the molecule is CCCC(CS)(CCC)CN(C)Cc1ccsc1. The highest BCUT2D eigenvalue weighted by molar-refractivity contribution is 7.80. The van der Waals surface area contributed by atoms with Gasteiger partial charge in [0.05, 0.1) is 0 Å². The Bertz CT molecular complexity index is 302. The van der Waals surface area contributed by atoms with Crippen LogP contribution in [0.5, 0.6) is 0 Å². The first kappa shape index (κ1) is 16.1. The van der Waals surface area contributed by atoms with E-state index in [0.29, 0.717) is 5.41 Å². The highest BCUT2D eigenvalue weighted by atomic mass is 32.1. The van der Waals surface area contributed by atoms with Gasteiger partial charge >= 0.3 is 0 Å². The molecule has 1 nitrogen and oxygen atoms in total. The molecule has 0 fully saturated rings. The van der Waals surface area contributed by atoms with Crippen LogP contribution in [0.25, 0.3) is 0 Å². The number of nitrogens with zero attached hydrogens (tertiary/aromatic N) is 1. The lowest BCUT2D eigenvalue weighted by atomic mass is 9.80. The Morgan fingerprint density at radius 2 is 1.94 bits per heavy atom. The molecule has 1 rings (SSSR count). The predicted molar refractivity (Wildman–Crippen MR) is 86.8 cm³/mol. The standard InChI is InChI=1S/C15H27NS2/c1-4-7-15(13-17,8-5-2)12-16(3)10-14-6-9-18-11-14/h6,9,11,17H,4-5,7-8,10,12-13H2,1-3H3. The highest BCUT2D eigenvalue weighted by Crippen LogP contribution is 2.32. The molecular formula is C15H27NS2. The van der Waals surface area contributed by atoms with Gasteiger partial charge in [-0.15, -0.1) is 0 Å². The van der Waals surface area contributed by atoms with E-state index >= 15 is 0 Å². The van der Waals surface area contributed by atoms with Gasteiger partial charge in [-0.1, -0.05) is 26.7 Å². The zero-order valence-corrected chi connectivity index (χ0v) is 13.7. The lowest BCUT2D eigenvalue weighted by molar-refractivity contribution is 0.165. The van der Waals surface area contributed by atoms with E-state index in [1.165, 1.54) is 31.2 Å². The minimum absolute atomic E-state index is 0.400. The molecular weight excluding hydrogens is 258 g/mol. The molecule has 0 atom stereocenters. The summed E-state index contributed by atoms with van der Waals surface area (Å²) in [6.45, 7) is 6.79. The van der Waals surface area contributed by atoms with Gasteiger partial charge in [0.15, 0.2) is 0 Å². The van der Waals surface area contributed by atoms with Crippen LogP contribution in [0, 0.1) is 5.41 Å². The molecule has 104 valence electrons. The fourth-order valence-corrected chi connectivity index (χ4v) is 3.95. The van der Waals surface area contributed by atoms with Crippen molar-refractivity contribution in [3.05, 3.63) is 22.4 Å². The van der Waals surface area contributed by atoms with E-state index in [-0.39, 0.29) is 0 Å². The molecule has 18 heavy (non-hydrogen) atoms. The third-order valence-electron chi connectivity index (χ3n) is 3.53. The number of rotatable bonds is 9. The molecule has 0 aromatic carbocycles. The average Bonchev–Trinajstić information content (AvgIpc) is 2.82. The molecule has 0 saturated carbocycles. The lowest BCUT2D eigenvalue weighted by Crippen LogP contribution is -2.37. The zero-order valence-electron chi connectivity index (χ0n) is 12.0. The summed E-state index contributed by atoms with van der Waals surface area (Å²) >= 11 is 6.42. The van der Waals surface area contributed by atoms with Crippen LogP contribution in [0.2, 0.25) is 0 Å². The van der Waals surface area contributed by atoms with Gasteiger partial charge in [0.25, 0.3) is 0 Å². The molecule has 0 aliphatic carbocycles. The molecule has 0 amide bonds. The second kappa shape index (κ2) is 8.23. The van der Waals surface area contributed by atoms with Crippen LogP contribution < -0.4 is 0 Å². The molecule has 0 aliphatic heterocycles. The van der Waals surface area contributed by atoms with E-state index in [9.17, 15) is 0 Å². The molecule has 3 heteroatoms. The molecule has 0 N–H and O–H groups in total. The fourth-order valence-electron chi connectivity index (χ4n) is 2.87. The first-order valence-electron chi connectivity index (χ1n) is 6.96. The number of thiophene rings is 1. The van der Waals surface area contributed by atoms with Crippen molar-refractivity contribution in [2.45, 2.75) is 46.1 Å². The van der Waals surface area contributed by atoms with E-state index in [1.54, 1.807) is 11.3 Å². The molecule has 0 bridgehead atoms. The van der Waals surface area contributed by atoms with Crippen LogP contribution in [-0.2, 0) is 6.54 Å². The van der Waals surface area contributed by atoms with E-state index in [1.807, 2.05) is 0 Å². The van der Waals surface area contributed by atoms with Crippen LogP contribution in [-0.4, -0.2) is 24.2 Å². The van der Waals surface area contributed by atoms with Crippen molar-refractivity contribution >= 4 is 24.0 Å². The Balaban J connectivity index is 2.58. The van der Waals surface area contributed by atoms with E-state index < -0.39 is 0 Å². The minimum Gasteiger partial charge on any atom is -0.302 e. The van der Waals surface area contributed by atoms with Gasteiger partial charge in [0.1, 0.15) is 0 Å². The third-order valence-corrected chi connectivity index (χ3v) is 4.94. The number of hydrogen-bond acceptors (Lipinski definition) is 3. The largest absolute Gasteiger partial charge is 0.302 e. The van der Waals surface area contributed by atoms with Crippen LogP contribution in [0.4, 0.5) is 0 Å².